The Kier molecular flexibility index (Phi) is 4.69. The van der Waals surface area contributed by atoms with E-state index in [2.05, 4.69) is 10.2 Å². The predicted octanol–water partition coefficient (Wildman–Crippen LogP) is 3.28. The quantitative estimate of drug-likeness (QED) is 0.423. The first-order valence-corrected chi connectivity index (χ1v) is 8.47. The molecule has 0 atom stereocenters. The highest BCUT2D eigenvalue weighted by molar-refractivity contribution is 8.02. The molecule has 0 amide bonds. The number of hydrogen-bond acceptors (Lipinski definition) is 6. The topological polar surface area (TPSA) is 69.9 Å². The van der Waals surface area contributed by atoms with Gasteiger partial charge in [0.1, 0.15) is 5.82 Å². The van der Waals surface area contributed by atoms with Crippen molar-refractivity contribution in [3.05, 3.63) is 48.5 Å². The third kappa shape index (κ3) is 3.28. The predicted molar refractivity (Wildman–Crippen MR) is 85.7 cm³/mol. The smallest absolute Gasteiger partial charge is 0.218 e. The molecule has 0 aliphatic heterocycles. The fourth-order valence-corrected chi connectivity index (χ4v) is 3.57. The normalized spacial score (nSPS) is 11.0. The minimum Gasteiger partial charge on any atom is -0.461 e. The number of hydrogen-bond donors (Lipinski definition) is 1. The third-order valence-corrected chi connectivity index (χ3v) is 5.07. The van der Waals surface area contributed by atoms with E-state index in [1.165, 1.54) is 34.3 Å². The minimum atomic E-state index is -0.195. The van der Waals surface area contributed by atoms with Gasteiger partial charge in [0.05, 0.1) is 6.26 Å². The molecule has 0 aliphatic carbocycles. The SMILES string of the molecule is Nn1c(SCCSc2ccccc2F)nnc1-c1ccco1. The van der Waals surface area contributed by atoms with E-state index in [1.807, 2.05) is 6.07 Å². The highest BCUT2D eigenvalue weighted by Gasteiger charge is 2.14. The summed E-state index contributed by atoms with van der Waals surface area (Å²) in [5.74, 6) is 8.30. The second-order valence-electron chi connectivity index (χ2n) is 4.28. The first-order chi connectivity index (χ1) is 10.8. The lowest BCUT2D eigenvalue weighted by molar-refractivity contribution is 0.574. The van der Waals surface area contributed by atoms with Crippen molar-refractivity contribution < 1.29 is 8.81 Å². The molecule has 0 fully saturated rings. The average Bonchev–Trinajstić information content (AvgIpc) is 3.15. The summed E-state index contributed by atoms with van der Waals surface area (Å²) in [6.45, 7) is 0. The molecular weight excluding hydrogens is 323 g/mol. The Morgan fingerprint density at radius 1 is 1.09 bits per heavy atom. The number of furan rings is 1. The van der Waals surface area contributed by atoms with E-state index < -0.39 is 0 Å². The number of nitrogens with two attached hydrogens (primary N) is 1. The van der Waals surface area contributed by atoms with Crippen molar-refractivity contribution in [3.8, 4) is 11.6 Å². The molecule has 0 unspecified atom stereocenters. The van der Waals surface area contributed by atoms with Crippen LogP contribution in [0.1, 0.15) is 0 Å². The minimum absolute atomic E-state index is 0.195. The number of benzene rings is 1. The molecule has 0 aliphatic rings. The van der Waals surface area contributed by atoms with Crippen LogP contribution in [0, 0.1) is 5.82 Å². The molecule has 1 aromatic carbocycles. The van der Waals surface area contributed by atoms with Gasteiger partial charge in [-0.3, -0.25) is 0 Å². The van der Waals surface area contributed by atoms with E-state index in [0.717, 1.165) is 11.5 Å². The van der Waals surface area contributed by atoms with Gasteiger partial charge in [-0.15, -0.1) is 22.0 Å². The maximum Gasteiger partial charge on any atom is 0.218 e. The Balaban J connectivity index is 1.55. The molecule has 0 bridgehead atoms. The van der Waals surface area contributed by atoms with Gasteiger partial charge >= 0.3 is 0 Å². The summed E-state index contributed by atoms with van der Waals surface area (Å²) in [5, 5.41) is 8.65. The number of thioether (sulfide) groups is 2. The number of nitrogen functional groups attached to an aromatic ring is 1. The number of rotatable bonds is 6. The lowest BCUT2D eigenvalue weighted by atomic mass is 10.3. The molecule has 114 valence electrons. The van der Waals surface area contributed by atoms with Gasteiger partial charge < -0.3 is 10.3 Å². The van der Waals surface area contributed by atoms with Crippen LogP contribution in [-0.4, -0.2) is 26.4 Å². The monoisotopic (exact) mass is 336 g/mol. The van der Waals surface area contributed by atoms with Crippen molar-refractivity contribution in [2.45, 2.75) is 10.1 Å². The van der Waals surface area contributed by atoms with Crippen molar-refractivity contribution in [2.75, 3.05) is 17.3 Å². The summed E-state index contributed by atoms with van der Waals surface area (Å²) in [6, 6.07) is 10.3. The summed E-state index contributed by atoms with van der Waals surface area (Å²) >= 11 is 2.93. The molecule has 0 spiro atoms. The van der Waals surface area contributed by atoms with E-state index in [1.54, 1.807) is 30.5 Å². The van der Waals surface area contributed by atoms with Crippen molar-refractivity contribution in [3.63, 3.8) is 0 Å². The summed E-state index contributed by atoms with van der Waals surface area (Å²) in [7, 11) is 0. The Hall–Kier alpha value is -1.93. The molecule has 8 heteroatoms. The first-order valence-electron chi connectivity index (χ1n) is 6.50. The van der Waals surface area contributed by atoms with Crippen molar-refractivity contribution in [2.24, 2.45) is 0 Å². The summed E-state index contributed by atoms with van der Waals surface area (Å²) < 4.78 is 20.1. The standard InChI is InChI=1S/C14H13FN4OS2/c15-10-4-1-2-6-12(10)21-8-9-22-14-18-17-13(19(14)16)11-5-3-7-20-11/h1-7H,8-9,16H2. The van der Waals surface area contributed by atoms with Crippen LogP contribution in [0.25, 0.3) is 11.6 Å². The van der Waals surface area contributed by atoms with Crippen molar-refractivity contribution in [1.29, 1.82) is 0 Å². The van der Waals surface area contributed by atoms with E-state index in [-0.39, 0.29) is 5.82 Å². The largest absolute Gasteiger partial charge is 0.461 e. The fraction of sp³-hybridized carbons (Fsp3) is 0.143. The van der Waals surface area contributed by atoms with Crippen LogP contribution < -0.4 is 5.84 Å². The summed E-state index contributed by atoms with van der Waals surface area (Å²) in [4.78, 5) is 0.647. The van der Waals surface area contributed by atoms with Crippen molar-refractivity contribution >= 4 is 23.5 Å². The maximum atomic E-state index is 13.5. The molecule has 0 saturated heterocycles. The van der Waals surface area contributed by atoms with Gasteiger partial charge in [0.25, 0.3) is 0 Å². The lowest BCUT2D eigenvalue weighted by Crippen LogP contribution is -2.11. The molecule has 0 radical (unpaired) electrons. The fourth-order valence-electron chi connectivity index (χ4n) is 1.80. The molecule has 0 saturated carbocycles. The molecular formula is C14H13FN4OS2. The van der Waals surface area contributed by atoms with E-state index >= 15 is 0 Å². The second-order valence-corrected chi connectivity index (χ2v) is 6.48. The third-order valence-electron chi connectivity index (χ3n) is 2.81. The van der Waals surface area contributed by atoms with Crippen LogP contribution in [0.3, 0.4) is 0 Å². The lowest BCUT2D eigenvalue weighted by Gasteiger charge is -2.03. The first kappa shape index (κ1) is 15.0. The summed E-state index contributed by atoms with van der Waals surface area (Å²) in [5.41, 5.74) is 0. The Morgan fingerprint density at radius 2 is 1.91 bits per heavy atom. The molecule has 3 rings (SSSR count). The zero-order chi connectivity index (χ0) is 15.4. The Bertz CT molecular complexity index is 745. The van der Waals surface area contributed by atoms with Crippen LogP contribution in [0.4, 0.5) is 4.39 Å². The van der Waals surface area contributed by atoms with Gasteiger partial charge in [0.15, 0.2) is 5.76 Å². The maximum absolute atomic E-state index is 13.5. The van der Waals surface area contributed by atoms with E-state index in [0.29, 0.717) is 21.6 Å². The van der Waals surface area contributed by atoms with Gasteiger partial charge in [0, 0.05) is 16.4 Å². The molecule has 2 aromatic heterocycles. The molecule has 22 heavy (non-hydrogen) atoms. The molecule has 5 nitrogen and oxygen atoms in total. The van der Waals surface area contributed by atoms with Crippen molar-refractivity contribution in [1.82, 2.24) is 14.9 Å². The van der Waals surface area contributed by atoms with Gasteiger partial charge in [-0.2, -0.15) is 0 Å². The Labute approximate surface area is 135 Å². The number of aromatic nitrogens is 3. The zero-order valence-electron chi connectivity index (χ0n) is 11.5. The Morgan fingerprint density at radius 3 is 2.68 bits per heavy atom. The van der Waals surface area contributed by atoms with E-state index in [4.69, 9.17) is 10.3 Å². The molecule has 3 aromatic rings. The average molecular weight is 336 g/mol. The van der Waals surface area contributed by atoms with Crippen LogP contribution in [0.2, 0.25) is 0 Å². The van der Waals surface area contributed by atoms with Crippen LogP contribution in [0.15, 0.2) is 57.1 Å². The van der Waals surface area contributed by atoms with Gasteiger partial charge in [-0.1, -0.05) is 23.9 Å². The van der Waals surface area contributed by atoms with Gasteiger partial charge in [-0.25, -0.2) is 9.07 Å². The van der Waals surface area contributed by atoms with Crippen LogP contribution >= 0.6 is 23.5 Å². The van der Waals surface area contributed by atoms with Gasteiger partial charge in [0.2, 0.25) is 11.0 Å². The molecule has 2 N–H and O–H groups in total. The summed E-state index contributed by atoms with van der Waals surface area (Å²) in [6.07, 6.45) is 1.56. The number of nitrogens with zero attached hydrogens (tertiary/aromatic N) is 3. The number of halogens is 1. The second kappa shape index (κ2) is 6.89. The van der Waals surface area contributed by atoms with E-state index in [9.17, 15) is 4.39 Å². The van der Waals surface area contributed by atoms with Gasteiger partial charge in [-0.05, 0) is 24.3 Å². The van der Waals surface area contributed by atoms with Crippen LogP contribution in [0.5, 0.6) is 0 Å². The highest BCUT2D eigenvalue weighted by atomic mass is 32.2. The zero-order valence-corrected chi connectivity index (χ0v) is 13.1. The van der Waals surface area contributed by atoms with Crippen LogP contribution in [-0.2, 0) is 0 Å². The molecule has 2 heterocycles. The highest BCUT2D eigenvalue weighted by Crippen LogP contribution is 2.25.